The van der Waals surface area contributed by atoms with E-state index in [2.05, 4.69) is 46.0 Å². The highest BCUT2D eigenvalue weighted by Gasteiger charge is 2.60. The third-order valence-electron chi connectivity index (χ3n) is 6.30. The average Bonchev–Trinajstić information content (AvgIpc) is 2.82. The Hall–Kier alpha value is 0.244. The van der Waals surface area contributed by atoms with Crippen molar-refractivity contribution in [3.05, 3.63) is 0 Å². The summed E-state index contributed by atoms with van der Waals surface area (Å²) in [7, 11) is -0.274. The van der Waals surface area contributed by atoms with Crippen molar-refractivity contribution in [3.63, 3.8) is 0 Å². The summed E-state index contributed by atoms with van der Waals surface area (Å²) in [6.07, 6.45) is 4.86. The number of unbranched alkanes of at least 4 members (excludes halogenated alkanes) is 1. The van der Waals surface area contributed by atoms with Crippen LogP contribution in [0.25, 0.3) is 0 Å². The summed E-state index contributed by atoms with van der Waals surface area (Å²) in [4.78, 5) is 12.4. The molecule has 11 heteroatoms. The number of rotatable bonds is 22. The topological polar surface area (TPSA) is 72.5 Å². The summed E-state index contributed by atoms with van der Waals surface area (Å²) in [5.74, 6) is 1.51. The summed E-state index contributed by atoms with van der Waals surface area (Å²) >= 11 is 8.85. The molecule has 200 valence electrons. The monoisotopic (exact) mass is 554 g/mol. The molecular formula is C23H46O7S2Si2. The van der Waals surface area contributed by atoms with E-state index < -0.39 is 22.8 Å². The van der Waals surface area contributed by atoms with Gasteiger partial charge in [-0.2, -0.15) is 25.3 Å². The highest BCUT2D eigenvalue weighted by atomic mass is 32.1. The second kappa shape index (κ2) is 19.4. The van der Waals surface area contributed by atoms with Gasteiger partial charge in [0.15, 0.2) is 0 Å². The SMILES string of the molecule is CCCOC(=O)OCC(CC)(C(C)(CCCS)O[Si]OCC)C(C)(CCCCS)O[Si]OCC. The summed E-state index contributed by atoms with van der Waals surface area (Å²) in [5.41, 5.74) is -2.11. The maximum absolute atomic E-state index is 12.4. The van der Waals surface area contributed by atoms with Crippen LogP contribution in [0.1, 0.15) is 86.5 Å². The molecule has 0 aromatic rings. The van der Waals surface area contributed by atoms with Crippen LogP contribution in [0.4, 0.5) is 4.79 Å². The second-order valence-electron chi connectivity index (χ2n) is 8.53. The fraction of sp³-hybridized carbons (Fsp3) is 0.957. The van der Waals surface area contributed by atoms with Crippen molar-refractivity contribution in [2.24, 2.45) is 5.41 Å². The molecule has 0 saturated carbocycles. The summed E-state index contributed by atoms with van der Waals surface area (Å²) in [6.45, 7) is 13.6. The first-order chi connectivity index (χ1) is 16.3. The van der Waals surface area contributed by atoms with Crippen LogP contribution in [0.5, 0.6) is 0 Å². The highest BCUT2D eigenvalue weighted by Crippen LogP contribution is 2.52. The van der Waals surface area contributed by atoms with E-state index in [1.807, 2.05) is 20.8 Å². The van der Waals surface area contributed by atoms with Gasteiger partial charge in [-0.25, -0.2) is 4.79 Å². The van der Waals surface area contributed by atoms with Crippen LogP contribution in [-0.4, -0.2) is 75.3 Å². The largest absolute Gasteiger partial charge is 0.508 e. The molecule has 0 aliphatic heterocycles. The Labute approximate surface area is 224 Å². The van der Waals surface area contributed by atoms with Crippen molar-refractivity contribution in [2.45, 2.75) is 97.7 Å². The minimum Gasteiger partial charge on any atom is -0.434 e. The van der Waals surface area contributed by atoms with Crippen LogP contribution in [-0.2, 0) is 27.2 Å². The van der Waals surface area contributed by atoms with Crippen molar-refractivity contribution in [1.29, 1.82) is 0 Å². The van der Waals surface area contributed by atoms with Crippen LogP contribution < -0.4 is 0 Å². The van der Waals surface area contributed by atoms with Gasteiger partial charge >= 0.3 is 26.2 Å². The Morgan fingerprint density at radius 1 is 0.794 bits per heavy atom. The molecule has 7 nitrogen and oxygen atoms in total. The minimum absolute atomic E-state index is 0.0969. The maximum Gasteiger partial charge on any atom is 0.508 e. The number of hydrogen-bond donors (Lipinski definition) is 2. The first kappa shape index (κ1) is 34.2. The van der Waals surface area contributed by atoms with Gasteiger partial charge in [-0.05, 0) is 84.1 Å². The maximum atomic E-state index is 12.4. The molecule has 4 radical (unpaired) electrons. The quantitative estimate of drug-likeness (QED) is 0.0798. The fourth-order valence-corrected chi connectivity index (χ4v) is 5.95. The van der Waals surface area contributed by atoms with Gasteiger partial charge in [0.2, 0.25) is 0 Å². The number of thiol groups is 2. The molecule has 0 saturated heterocycles. The van der Waals surface area contributed by atoms with Gasteiger partial charge in [0.1, 0.15) is 6.61 Å². The zero-order valence-electron chi connectivity index (χ0n) is 21.9. The minimum atomic E-state index is -0.713. The smallest absolute Gasteiger partial charge is 0.434 e. The lowest BCUT2D eigenvalue weighted by atomic mass is 9.58. The molecule has 0 bridgehead atoms. The van der Waals surface area contributed by atoms with Crippen LogP contribution in [0.3, 0.4) is 0 Å². The molecule has 0 rings (SSSR count). The molecular weight excluding hydrogens is 509 g/mol. The first-order valence-corrected chi connectivity index (χ1v) is 15.3. The van der Waals surface area contributed by atoms with Gasteiger partial charge in [0.05, 0.1) is 23.2 Å². The van der Waals surface area contributed by atoms with E-state index in [1.54, 1.807) is 0 Å². The molecule has 3 unspecified atom stereocenters. The normalized spacial score (nSPS) is 16.9. The van der Waals surface area contributed by atoms with Gasteiger partial charge in [0, 0.05) is 13.2 Å². The zero-order valence-corrected chi connectivity index (χ0v) is 25.7. The average molecular weight is 555 g/mol. The van der Waals surface area contributed by atoms with Crippen molar-refractivity contribution in [2.75, 3.05) is 37.9 Å². The lowest BCUT2D eigenvalue weighted by Crippen LogP contribution is -2.64. The van der Waals surface area contributed by atoms with E-state index in [4.69, 9.17) is 27.2 Å². The predicted octanol–water partition coefficient (Wildman–Crippen LogP) is 5.45. The molecule has 0 heterocycles. The van der Waals surface area contributed by atoms with Crippen molar-refractivity contribution >= 4 is 51.4 Å². The van der Waals surface area contributed by atoms with E-state index in [1.165, 1.54) is 0 Å². The lowest BCUT2D eigenvalue weighted by Gasteiger charge is -2.57. The van der Waals surface area contributed by atoms with Crippen LogP contribution in [0, 0.1) is 5.41 Å². The van der Waals surface area contributed by atoms with Crippen molar-refractivity contribution in [1.82, 2.24) is 0 Å². The number of hydrogen-bond acceptors (Lipinski definition) is 9. The third-order valence-corrected chi connectivity index (χ3v) is 8.82. The highest BCUT2D eigenvalue weighted by molar-refractivity contribution is 7.80. The second-order valence-corrected chi connectivity index (χ2v) is 10.7. The molecule has 0 aromatic heterocycles. The Bertz CT molecular complexity index is 524. The zero-order chi connectivity index (χ0) is 25.9. The number of carbonyl (C=O) groups is 1. The summed E-state index contributed by atoms with van der Waals surface area (Å²) in [5, 5.41) is 0. The van der Waals surface area contributed by atoms with Gasteiger partial charge in [-0.15, -0.1) is 0 Å². The van der Waals surface area contributed by atoms with E-state index >= 15 is 0 Å². The van der Waals surface area contributed by atoms with Gasteiger partial charge < -0.3 is 27.2 Å². The number of carbonyl (C=O) groups excluding carboxylic acids is 1. The van der Waals surface area contributed by atoms with E-state index in [0.717, 1.165) is 37.9 Å². The Morgan fingerprint density at radius 2 is 1.32 bits per heavy atom. The number of ether oxygens (including phenoxy) is 2. The molecule has 0 aliphatic rings. The molecule has 0 aliphatic carbocycles. The molecule has 0 spiro atoms. The van der Waals surface area contributed by atoms with Gasteiger partial charge in [0.25, 0.3) is 0 Å². The standard InChI is InChI=1S/C23H46O7S2Si2/c1-7-16-25-20(24)26-19-23(8-2,22(6,15-13-18-32)30-34-28-10-4)21(5,14-11-12-17-31)29-33-27-9-3/h31-32H,7-19H2,1-6H3. The van der Waals surface area contributed by atoms with E-state index in [-0.39, 0.29) is 26.6 Å². The van der Waals surface area contributed by atoms with Crippen molar-refractivity contribution in [3.8, 4) is 0 Å². The predicted molar refractivity (Wildman–Crippen MR) is 145 cm³/mol. The molecule has 0 fully saturated rings. The molecule has 0 amide bonds. The van der Waals surface area contributed by atoms with Gasteiger partial charge in [-0.1, -0.05) is 13.8 Å². The van der Waals surface area contributed by atoms with Crippen LogP contribution in [0.15, 0.2) is 0 Å². The molecule has 0 N–H and O–H groups in total. The van der Waals surface area contributed by atoms with Crippen LogP contribution >= 0.6 is 25.3 Å². The Morgan fingerprint density at radius 3 is 1.76 bits per heavy atom. The Kier molecular flexibility index (Phi) is 19.5. The third kappa shape index (κ3) is 10.7. The van der Waals surface area contributed by atoms with Crippen LogP contribution in [0.2, 0.25) is 0 Å². The Balaban J connectivity index is 6.42. The van der Waals surface area contributed by atoms with Crippen molar-refractivity contribution < 1.29 is 32.0 Å². The summed E-state index contributed by atoms with van der Waals surface area (Å²) in [6, 6.07) is 0. The molecule has 0 aromatic carbocycles. The molecule has 3 atom stereocenters. The molecule has 34 heavy (non-hydrogen) atoms. The first-order valence-electron chi connectivity index (χ1n) is 12.4. The fourth-order valence-electron chi connectivity index (χ4n) is 4.25. The van der Waals surface area contributed by atoms with E-state index in [9.17, 15) is 4.79 Å². The lowest BCUT2D eigenvalue weighted by molar-refractivity contribution is -0.196. The van der Waals surface area contributed by atoms with E-state index in [0.29, 0.717) is 38.4 Å². The summed E-state index contributed by atoms with van der Waals surface area (Å²) < 4.78 is 35.3. The van der Waals surface area contributed by atoms with Gasteiger partial charge in [-0.3, -0.25) is 0 Å².